The minimum Gasteiger partial charge on any atom is -0.461 e. The molecule has 0 aliphatic heterocycles. The van der Waals surface area contributed by atoms with Gasteiger partial charge in [0.15, 0.2) is 0 Å². The monoisotopic (exact) mass is 505 g/mol. The second-order valence-corrected chi connectivity index (χ2v) is 8.57. The van der Waals surface area contributed by atoms with Crippen LogP contribution in [0.5, 0.6) is 0 Å². The van der Waals surface area contributed by atoms with Crippen LogP contribution >= 0.6 is 11.6 Å². The first-order valence-corrected chi connectivity index (χ1v) is 11.4. The molecule has 2 N–H and O–H groups in total. The lowest BCUT2D eigenvalue weighted by molar-refractivity contribution is -0.124. The summed E-state index contributed by atoms with van der Waals surface area (Å²) in [6.45, 7) is 4.88. The van der Waals surface area contributed by atoms with Crippen LogP contribution in [-0.4, -0.2) is 35.4 Å². The summed E-state index contributed by atoms with van der Waals surface area (Å²) in [5, 5.41) is 6.25. The van der Waals surface area contributed by atoms with E-state index in [2.05, 4.69) is 10.6 Å². The molecular formula is C25H26ClF2N3O4. The van der Waals surface area contributed by atoms with Gasteiger partial charge >= 0.3 is 5.97 Å². The average Bonchev–Trinajstić information content (AvgIpc) is 3.15. The van der Waals surface area contributed by atoms with Crippen molar-refractivity contribution in [1.29, 1.82) is 0 Å². The molecule has 1 aromatic heterocycles. The SMILES string of the molecule is CCOC(=O)c1cc2cc(NC(=O)c3cc(CNC(=O)C(C)C)ccc3Cl)ccc2n1CC(F)F. The fraction of sp³-hybridized carbons (Fsp3) is 0.320. The standard InChI is InChI=1S/C25H26ClF2N3O4/c1-4-35-25(34)21-11-16-10-17(6-8-20(16)31(21)13-22(27)28)30-24(33)18-9-15(5-7-19(18)26)12-29-23(32)14(2)3/h5-11,14,22H,4,12-13H2,1-3H3,(H,29,32)(H,30,33). The molecule has 0 unspecified atom stereocenters. The molecule has 0 spiro atoms. The normalized spacial score (nSPS) is 11.2. The predicted octanol–water partition coefficient (Wildman–Crippen LogP) is 5.26. The molecule has 35 heavy (non-hydrogen) atoms. The van der Waals surface area contributed by atoms with E-state index in [9.17, 15) is 23.2 Å². The summed E-state index contributed by atoms with van der Waals surface area (Å²) in [5.41, 5.74) is 1.72. The van der Waals surface area contributed by atoms with E-state index in [-0.39, 0.29) is 41.3 Å². The Morgan fingerprint density at radius 3 is 2.49 bits per heavy atom. The molecule has 0 radical (unpaired) electrons. The molecule has 3 rings (SSSR count). The van der Waals surface area contributed by atoms with Crippen molar-refractivity contribution in [2.75, 3.05) is 11.9 Å². The average molecular weight is 506 g/mol. The van der Waals surface area contributed by atoms with Crippen molar-refractivity contribution in [2.45, 2.75) is 40.3 Å². The lowest BCUT2D eigenvalue weighted by Gasteiger charge is -2.12. The van der Waals surface area contributed by atoms with E-state index in [1.54, 1.807) is 57.2 Å². The van der Waals surface area contributed by atoms with Gasteiger partial charge in [0.25, 0.3) is 12.3 Å². The van der Waals surface area contributed by atoms with Crippen LogP contribution in [0, 0.1) is 5.92 Å². The molecule has 186 valence electrons. The van der Waals surface area contributed by atoms with Gasteiger partial charge in [-0.25, -0.2) is 13.6 Å². The zero-order valence-corrected chi connectivity index (χ0v) is 20.3. The smallest absolute Gasteiger partial charge is 0.354 e. The quantitative estimate of drug-likeness (QED) is 0.388. The van der Waals surface area contributed by atoms with Gasteiger partial charge in [-0.1, -0.05) is 31.5 Å². The fourth-order valence-corrected chi connectivity index (χ4v) is 3.71. The number of esters is 1. The number of halogens is 3. The van der Waals surface area contributed by atoms with Gasteiger partial charge in [-0.15, -0.1) is 0 Å². The number of ether oxygens (including phenoxy) is 1. The third-order valence-electron chi connectivity index (χ3n) is 5.23. The van der Waals surface area contributed by atoms with Crippen LogP contribution in [0.1, 0.15) is 47.2 Å². The maximum Gasteiger partial charge on any atom is 0.354 e. The molecule has 7 nitrogen and oxygen atoms in total. The van der Waals surface area contributed by atoms with Crippen LogP contribution < -0.4 is 10.6 Å². The Morgan fingerprint density at radius 2 is 1.83 bits per heavy atom. The van der Waals surface area contributed by atoms with E-state index < -0.39 is 24.8 Å². The Hall–Kier alpha value is -3.46. The highest BCUT2D eigenvalue weighted by Crippen LogP contribution is 2.26. The number of nitrogens with zero attached hydrogens (tertiary/aromatic N) is 1. The molecule has 2 amide bonds. The molecular weight excluding hydrogens is 480 g/mol. The minimum absolute atomic E-state index is 0.00446. The molecule has 2 aromatic carbocycles. The number of nitrogens with one attached hydrogen (secondary N) is 2. The number of rotatable bonds is 9. The number of amides is 2. The zero-order valence-electron chi connectivity index (χ0n) is 19.5. The van der Waals surface area contributed by atoms with Crippen molar-refractivity contribution in [3.05, 3.63) is 64.3 Å². The van der Waals surface area contributed by atoms with E-state index in [1.165, 1.54) is 10.6 Å². The van der Waals surface area contributed by atoms with Crippen molar-refractivity contribution in [1.82, 2.24) is 9.88 Å². The molecule has 0 saturated heterocycles. The Kier molecular flexibility index (Phi) is 8.45. The largest absolute Gasteiger partial charge is 0.461 e. The van der Waals surface area contributed by atoms with Crippen LogP contribution in [0.2, 0.25) is 5.02 Å². The summed E-state index contributed by atoms with van der Waals surface area (Å²) in [5.74, 6) is -1.47. The number of alkyl halides is 2. The van der Waals surface area contributed by atoms with Gasteiger partial charge in [-0.2, -0.15) is 0 Å². The molecule has 0 fully saturated rings. The molecule has 0 aliphatic rings. The summed E-state index contributed by atoms with van der Waals surface area (Å²) in [6, 6.07) is 11.0. The van der Waals surface area contributed by atoms with Gasteiger partial charge in [0.2, 0.25) is 5.91 Å². The molecule has 1 heterocycles. The maximum absolute atomic E-state index is 13.1. The molecule has 0 bridgehead atoms. The predicted molar refractivity (Wildman–Crippen MR) is 130 cm³/mol. The van der Waals surface area contributed by atoms with Gasteiger partial charge in [-0.3, -0.25) is 9.59 Å². The number of hydrogen-bond acceptors (Lipinski definition) is 4. The molecule has 0 aliphatic carbocycles. The van der Waals surface area contributed by atoms with Crippen molar-refractivity contribution in [3.63, 3.8) is 0 Å². The Labute approximate surface area is 206 Å². The van der Waals surface area contributed by atoms with Gasteiger partial charge in [0.1, 0.15) is 5.69 Å². The molecule has 3 aromatic rings. The molecule has 0 saturated carbocycles. The molecule has 10 heteroatoms. The first-order valence-electron chi connectivity index (χ1n) is 11.1. The van der Waals surface area contributed by atoms with E-state index in [0.717, 1.165) is 0 Å². The van der Waals surface area contributed by atoms with Gasteiger partial charge < -0.3 is 19.9 Å². The second-order valence-electron chi connectivity index (χ2n) is 8.17. The minimum atomic E-state index is -2.67. The summed E-state index contributed by atoms with van der Waals surface area (Å²) in [6.07, 6.45) is -2.67. The highest BCUT2D eigenvalue weighted by atomic mass is 35.5. The van der Waals surface area contributed by atoms with Crippen LogP contribution in [-0.2, 0) is 22.6 Å². The van der Waals surface area contributed by atoms with Crippen molar-refractivity contribution < 1.29 is 27.9 Å². The first-order chi connectivity index (χ1) is 16.6. The summed E-state index contributed by atoms with van der Waals surface area (Å²) >= 11 is 6.23. The third kappa shape index (κ3) is 6.36. The van der Waals surface area contributed by atoms with E-state index in [1.807, 2.05) is 0 Å². The van der Waals surface area contributed by atoms with Crippen molar-refractivity contribution >= 4 is 46.0 Å². The van der Waals surface area contributed by atoms with Gasteiger partial charge in [0.05, 0.1) is 23.7 Å². The van der Waals surface area contributed by atoms with Gasteiger partial charge in [-0.05, 0) is 48.9 Å². The van der Waals surface area contributed by atoms with Crippen LogP contribution in [0.3, 0.4) is 0 Å². The van der Waals surface area contributed by atoms with E-state index >= 15 is 0 Å². The summed E-state index contributed by atoms with van der Waals surface area (Å²) < 4.78 is 32.5. The Morgan fingerprint density at radius 1 is 1.09 bits per heavy atom. The lowest BCUT2D eigenvalue weighted by Crippen LogP contribution is -2.27. The highest BCUT2D eigenvalue weighted by molar-refractivity contribution is 6.34. The van der Waals surface area contributed by atoms with E-state index in [0.29, 0.717) is 22.2 Å². The maximum atomic E-state index is 13.1. The second kappa shape index (κ2) is 11.3. The van der Waals surface area contributed by atoms with E-state index in [4.69, 9.17) is 16.3 Å². The number of fused-ring (bicyclic) bond motifs is 1. The Balaban J connectivity index is 1.85. The topological polar surface area (TPSA) is 89.4 Å². The number of hydrogen-bond donors (Lipinski definition) is 2. The third-order valence-corrected chi connectivity index (χ3v) is 5.56. The number of carbonyl (C=O) groups is 3. The van der Waals surface area contributed by atoms with Crippen LogP contribution in [0.25, 0.3) is 10.9 Å². The molecule has 0 atom stereocenters. The van der Waals surface area contributed by atoms with Crippen LogP contribution in [0.15, 0.2) is 42.5 Å². The summed E-state index contributed by atoms with van der Waals surface area (Å²) in [7, 11) is 0. The van der Waals surface area contributed by atoms with Crippen molar-refractivity contribution in [3.8, 4) is 0 Å². The summed E-state index contributed by atoms with van der Waals surface area (Å²) in [4.78, 5) is 37.0. The fourth-order valence-electron chi connectivity index (χ4n) is 3.51. The number of carbonyl (C=O) groups excluding carboxylic acids is 3. The zero-order chi connectivity index (χ0) is 25.7. The number of anilines is 1. The highest BCUT2D eigenvalue weighted by Gasteiger charge is 2.20. The number of aromatic nitrogens is 1. The Bertz CT molecular complexity index is 1260. The number of benzene rings is 2. The van der Waals surface area contributed by atoms with Crippen LogP contribution in [0.4, 0.5) is 14.5 Å². The van der Waals surface area contributed by atoms with Crippen molar-refractivity contribution in [2.24, 2.45) is 5.92 Å². The van der Waals surface area contributed by atoms with Gasteiger partial charge in [0, 0.05) is 29.1 Å². The first kappa shape index (κ1) is 26.2. The lowest BCUT2D eigenvalue weighted by atomic mass is 10.1.